The molecule has 4 nitrogen and oxygen atoms in total. The standard InChI is InChI=1S/C19H18N2O2S/c22-18(20-13-9-10-13)14-6-2-3-7-15(14)21-19(23)17-11-12-5-1-4-8-16(12)24-17/h1-8,13,17H,9-11H2,(H,20,22)(H,21,23)/t17-/m1/s1. The number of hydrogen-bond acceptors (Lipinski definition) is 3. The van der Waals surface area contributed by atoms with E-state index in [0.29, 0.717) is 17.3 Å². The molecule has 0 unspecified atom stereocenters. The van der Waals surface area contributed by atoms with Crippen molar-refractivity contribution in [3.63, 3.8) is 0 Å². The molecule has 1 aliphatic heterocycles. The predicted octanol–water partition coefficient (Wildman–Crippen LogP) is 3.23. The van der Waals surface area contributed by atoms with E-state index in [1.54, 1.807) is 23.9 Å². The number of para-hydroxylation sites is 1. The van der Waals surface area contributed by atoms with E-state index in [-0.39, 0.29) is 17.1 Å². The maximum absolute atomic E-state index is 12.6. The minimum absolute atomic E-state index is 0.0529. The van der Waals surface area contributed by atoms with Crippen molar-refractivity contribution < 1.29 is 9.59 Å². The molecule has 0 radical (unpaired) electrons. The van der Waals surface area contributed by atoms with E-state index >= 15 is 0 Å². The highest BCUT2D eigenvalue weighted by atomic mass is 32.2. The average molecular weight is 338 g/mol. The number of rotatable bonds is 4. The highest BCUT2D eigenvalue weighted by molar-refractivity contribution is 8.01. The first-order chi connectivity index (χ1) is 11.7. The molecular formula is C19H18N2O2S. The molecule has 24 heavy (non-hydrogen) atoms. The van der Waals surface area contributed by atoms with Crippen LogP contribution < -0.4 is 10.6 Å². The van der Waals surface area contributed by atoms with Gasteiger partial charge in [0.25, 0.3) is 5.91 Å². The Kier molecular flexibility index (Phi) is 4.02. The summed E-state index contributed by atoms with van der Waals surface area (Å²) < 4.78 is 0. The molecule has 2 N–H and O–H groups in total. The quantitative estimate of drug-likeness (QED) is 0.900. The molecule has 0 spiro atoms. The highest BCUT2D eigenvalue weighted by Gasteiger charge is 2.29. The molecule has 0 aromatic heterocycles. The monoisotopic (exact) mass is 338 g/mol. The second kappa shape index (κ2) is 6.32. The summed E-state index contributed by atoms with van der Waals surface area (Å²) in [6.07, 6.45) is 2.80. The fraction of sp³-hybridized carbons (Fsp3) is 0.263. The van der Waals surface area contributed by atoms with Crippen LogP contribution in [-0.4, -0.2) is 23.1 Å². The third kappa shape index (κ3) is 3.17. The van der Waals surface area contributed by atoms with Gasteiger partial charge in [0.1, 0.15) is 0 Å². The minimum Gasteiger partial charge on any atom is -0.349 e. The van der Waals surface area contributed by atoms with Gasteiger partial charge in [0.2, 0.25) is 5.91 Å². The fourth-order valence-electron chi connectivity index (χ4n) is 2.82. The van der Waals surface area contributed by atoms with Gasteiger partial charge in [-0.2, -0.15) is 0 Å². The van der Waals surface area contributed by atoms with E-state index in [2.05, 4.69) is 16.7 Å². The summed E-state index contributed by atoms with van der Waals surface area (Å²) in [7, 11) is 0. The summed E-state index contributed by atoms with van der Waals surface area (Å²) >= 11 is 1.59. The van der Waals surface area contributed by atoms with E-state index in [1.807, 2.05) is 30.3 Å². The van der Waals surface area contributed by atoms with Gasteiger partial charge < -0.3 is 10.6 Å². The Labute approximate surface area is 145 Å². The number of fused-ring (bicyclic) bond motifs is 1. The van der Waals surface area contributed by atoms with Gasteiger partial charge in [-0.05, 0) is 43.0 Å². The molecule has 2 amide bonds. The van der Waals surface area contributed by atoms with Crippen LogP contribution in [0.2, 0.25) is 0 Å². The molecule has 2 aromatic carbocycles. The van der Waals surface area contributed by atoms with Crippen molar-refractivity contribution in [3.05, 3.63) is 59.7 Å². The average Bonchev–Trinajstić information content (AvgIpc) is 3.29. The first-order valence-electron chi connectivity index (χ1n) is 8.16. The maximum Gasteiger partial charge on any atom is 0.253 e. The number of thioether (sulfide) groups is 1. The predicted molar refractivity (Wildman–Crippen MR) is 95.4 cm³/mol. The van der Waals surface area contributed by atoms with Crippen molar-refractivity contribution >= 4 is 29.3 Å². The van der Waals surface area contributed by atoms with Crippen LogP contribution in [-0.2, 0) is 11.2 Å². The van der Waals surface area contributed by atoms with Crippen molar-refractivity contribution in [3.8, 4) is 0 Å². The third-order valence-corrected chi connectivity index (χ3v) is 5.60. The van der Waals surface area contributed by atoms with Crippen LogP contribution in [0.1, 0.15) is 28.8 Å². The summed E-state index contributed by atoms with van der Waals surface area (Å²) in [5, 5.41) is 5.76. The summed E-state index contributed by atoms with van der Waals surface area (Å²) in [6.45, 7) is 0. The molecule has 1 fully saturated rings. The van der Waals surface area contributed by atoms with E-state index < -0.39 is 0 Å². The van der Waals surface area contributed by atoms with Crippen molar-refractivity contribution in [1.82, 2.24) is 5.32 Å². The number of benzene rings is 2. The number of hydrogen-bond donors (Lipinski definition) is 2. The SMILES string of the molecule is O=C(NC1CC1)c1ccccc1NC(=O)[C@H]1Cc2ccccc2S1. The minimum atomic E-state index is -0.151. The topological polar surface area (TPSA) is 58.2 Å². The Morgan fingerprint density at radius 2 is 1.75 bits per heavy atom. The summed E-state index contributed by atoms with van der Waals surface area (Å²) in [4.78, 5) is 26.1. The first-order valence-corrected chi connectivity index (χ1v) is 9.04. The molecule has 1 saturated carbocycles. The Balaban J connectivity index is 1.47. The van der Waals surface area contributed by atoms with Gasteiger partial charge in [-0.15, -0.1) is 11.8 Å². The zero-order chi connectivity index (χ0) is 16.5. The van der Waals surface area contributed by atoms with Crippen molar-refractivity contribution in [2.24, 2.45) is 0 Å². The molecule has 2 aromatic rings. The van der Waals surface area contributed by atoms with Gasteiger partial charge in [0, 0.05) is 10.9 Å². The largest absolute Gasteiger partial charge is 0.349 e. The van der Waals surface area contributed by atoms with E-state index in [1.165, 1.54) is 5.56 Å². The van der Waals surface area contributed by atoms with Crippen LogP contribution in [0.3, 0.4) is 0 Å². The zero-order valence-corrected chi connectivity index (χ0v) is 13.9. The Bertz CT molecular complexity index is 776. The summed E-state index contributed by atoms with van der Waals surface area (Å²) in [5.41, 5.74) is 2.32. The molecule has 5 heteroatoms. The molecule has 4 rings (SSSR count). The first kappa shape index (κ1) is 15.3. The summed E-state index contributed by atoms with van der Waals surface area (Å²) in [5.74, 6) is -0.168. The van der Waals surface area contributed by atoms with Gasteiger partial charge in [0.15, 0.2) is 0 Å². The van der Waals surface area contributed by atoms with Crippen LogP contribution in [0.4, 0.5) is 5.69 Å². The highest BCUT2D eigenvalue weighted by Crippen LogP contribution is 2.37. The van der Waals surface area contributed by atoms with Crippen molar-refractivity contribution in [1.29, 1.82) is 0 Å². The molecule has 1 heterocycles. The number of carbonyl (C=O) groups is 2. The van der Waals surface area contributed by atoms with Crippen LogP contribution in [0, 0.1) is 0 Å². The number of nitrogens with one attached hydrogen (secondary N) is 2. The summed E-state index contributed by atoms with van der Waals surface area (Å²) in [6, 6.07) is 15.6. The van der Waals surface area contributed by atoms with Crippen LogP contribution in [0.5, 0.6) is 0 Å². The van der Waals surface area contributed by atoms with E-state index in [9.17, 15) is 9.59 Å². The second-order valence-corrected chi connectivity index (χ2v) is 7.45. The molecular weight excluding hydrogens is 320 g/mol. The van der Waals surface area contributed by atoms with Crippen molar-refractivity contribution in [2.45, 2.75) is 35.4 Å². The Morgan fingerprint density at radius 3 is 2.54 bits per heavy atom. The number of amides is 2. The van der Waals surface area contributed by atoms with E-state index in [4.69, 9.17) is 0 Å². The molecule has 1 atom stereocenters. The lowest BCUT2D eigenvalue weighted by atomic mass is 10.1. The van der Waals surface area contributed by atoms with Gasteiger partial charge in [-0.3, -0.25) is 9.59 Å². The van der Waals surface area contributed by atoms with Gasteiger partial charge in [0.05, 0.1) is 16.5 Å². The van der Waals surface area contributed by atoms with Gasteiger partial charge in [-0.1, -0.05) is 30.3 Å². The lowest BCUT2D eigenvalue weighted by Crippen LogP contribution is -2.29. The van der Waals surface area contributed by atoms with Crippen LogP contribution in [0.25, 0.3) is 0 Å². The fourth-order valence-corrected chi connectivity index (χ4v) is 4.02. The number of carbonyl (C=O) groups excluding carboxylic acids is 2. The smallest absolute Gasteiger partial charge is 0.253 e. The Hall–Kier alpha value is -2.27. The van der Waals surface area contributed by atoms with Crippen LogP contribution >= 0.6 is 11.8 Å². The van der Waals surface area contributed by atoms with Crippen molar-refractivity contribution in [2.75, 3.05) is 5.32 Å². The normalized spacial score (nSPS) is 18.8. The Morgan fingerprint density at radius 1 is 1.00 bits per heavy atom. The molecule has 1 aliphatic carbocycles. The molecule has 122 valence electrons. The van der Waals surface area contributed by atoms with Crippen LogP contribution in [0.15, 0.2) is 53.4 Å². The molecule has 2 aliphatic rings. The second-order valence-electron chi connectivity index (χ2n) is 6.20. The zero-order valence-electron chi connectivity index (χ0n) is 13.1. The molecule has 0 saturated heterocycles. The number of anilines is 1. The maximum atomic E-state index is 12.6. The third-order valence-electron chi connectivity index (χ3n) is 4.28. The lowest BCUT2D eigenvalue weighted by Gasteiger charge is -2.13. The lowest BCUT2D eigenvalue weighted by molar-refractivity contribution is -0.115. The van der Waals surface area contributed by atoms with E-state index in [0.717, 1.165) is 24.2 Å². The van der Waals surface area contributed by atoms with Gasteiger partial charge in [-0.25, -0.2) is 0 Å². The molecule has 0 bridgehead atoms. The van der Waals surface area contributed by atoms with Gasteiger partial charge >= 0.3 is 0 Å².